The molecule has 0 N–H and O–H groups in total. The molecule has 0 aliphatic rings. The molecule has 0 aliphatic heterocycles. The smallest absolute Gasteiger partial charge is 0.0476 e. The summed E-state index contributed by atoms with van der Waals surface area (Å²) in [6.45, 7) is 0. The third-order valence-corrected chi connectivity index (χ3v) is 11.4. The van der Waals surface area contributed by atoms with E-state index in [1.807, 2.05) is 11.3 Å². The highest BCUT2D eigenvalue weighted by atomic mass is 32.1. The summed E-state index contributed by atoms with van der Waals surface area (Å²) in [6, 6.07) is 73.0. The molecular weight excluding hydrogens is 647 g/mol. The number of nitrogens with zero attached hydrogens (tertiary/aromatic N) is 1. The summed E-state index contributed by atoms with van der Waals surface area (Å²) in [7, 11) is 0. The van der Waals surface area contributed by atoms with Crippen LogP contribution >= 0.6 is 11.3 Å². The third kappa shape index (κ3) is 5.51. The summed E-state index contributed by atoms with van der Waals surface area (Å²) < 4.78 is 2.61. The zero-order valence-corrected chi connectivity index (χ0v) is 29.2. The van der Waals surface area contributed by atoms with Gasteiger partial charge in [0.2, 0.25) is 0 Å². The normalized spacial score (nSPS) is 11.5. The Balaban J connectivity index is 1.02. The van der Waals surface area contributed by atoms with Gasteiger partial charge in [-0.1, -0.05) is 140 Å². The Morgan fingerprint density at radius 2 is 0.731 bits per heavy atom. The van der Waals surface area contributed by atoms with E-state index in [-0.39, 0.29) is 0 Å². The molecule has 244 valence electrons. The van der Waals surface area contributed by atoms with Crippen LogP contribution in [0.2, 0.25) is 0 Å². The highest BCUT2D eigenvalue weighted by Crippen LogP contribution is 2.41. The van der Waals surface area contributed by atoms with Crippen LogP contribution < -0.4 is 4.90 Å². The summed E-state index contributed by atoms with van der Waals surface area (Å²) in [5, 5.41) is 7.63. The number of fused-ring (bicyclic) bond motifs is 5. The van der Waals surface area contributed by atoms with Crippen molar-refractivity contribution >= 4 is 70.1 Å². The molecule has 52 heavy (non-hydrogen) atoms. The molecule has 10 aromatic rings. The Bertz CT molecular complexity index is 2890. The lowest BCUT2D eigenvalue weighted by Crippen LogP contribution is -2.09. The summed E-state index contributed by atoms with van der Waals surface area (Å²) in [6.07, 6.45) is 0. The van der Waals surface area contributed by atoms with E-state index < -0.39 is 0 Å². The predicted octanol–water partition coefficient (Wildman–Crippen LogP) is 14.8. The van der Waals surface area contributed by atoms with Crippen LogP contribution in [0.25, 0.3) is 75.1 Å². The molecule has 0 fully saturated rings. The number of hydrogen-bond donors (Lipinski definition) is 0. The summed E-state index contributed by atoms with van der Waals surface area (Å²) in [5.41, 5.74) is 10.7. The van der Waals surface area contributed by atoms with Gasteiger partial charge < -0.3 is 4.90 Å². The van der Waals surface area contributed by atoms with E-state index in [4.69, 9.17) is 0 Å². The van der Waals surface area contributed by atoms with Crippen LogP contribution in [-0.4, -0.2) is 0 Å². The zero-order chi connectivity index (χ0) is 34.4. The summed E-state index contributed by atoms with van der Waals surface area (Å²) in [5.74, 6) is 0. The van der Waals surface area contributed by atoms with Crippen LogP contribution in [-0.2, 0) is 0 Å². The molecule has 10 rings (SSSR count). The Morgan fingerprint density at radius 1 is 0.269 bits per heavy atom. The Kier molecular flexibility index (Phi) is 7.41. The molecule has 0 saturated heterocycles. The van der Waals surface area contributed by atoms with Crippen molar-refractivity contribution in [2.24, 2.45) is 0 Å². The zero-order valence-electron chi connectivity index (χ0n) is 28.4. The van der Waals surface area contributed by atoms with Crippen molar-refractivity contribution in [1.82, 2.24) is 0 Å². The van der Waals surface area contributed by atoms with Gasteiger partial charge in [-0.15, -0.1) is 11.3 Å². The molecule has 0 atom stereocenters. The molecule has 0 radical (unpaired) electrons. The van der Waals surface area contributed by atoms with Crippen LogP contribution in [0, 0.1) is 0 Å². The van der Waals surface area contributed by atoms with E-state index in [2.05, 4.69) is 205 Å². The lowest BCUT2D eigenvalue weighted by molar-refractivity contribution is 1.29. The van der Waals surface area contributed by atoms with E-state index in [9.17, 15) is 0 Å². The minimum absolute atomic E-state index is 1.12. The molecule has 1 aromatic heterocycles. The van der Waals surface area contributed by atoms with Crippen molar-refractivity contribution in [2.45, 2.75) is 0 Å². The summed E-state index contributed by atoms with van der Waals surface area (Å²) >= 11 is 1.86. The number of benzene rings is 9. The second kappa shape index (κ2) is 12.7. The van der Waals surface area contributed by atoms with Crippen LogP contribution in [0.3, 0.4) is 0 Å². The lowest BCUT2D eigenvalue weighted by atomic mass is 9.96. The lowest BCUT2D eigenvalue weighted by Gasteiger charge is -2.26. The topological polar surface area (TPSA) is 3.24 Å². The van der Waals surface area contributed by atoms with E-state index in [0.29, 0.717) is 0 Å². The van der Waals surface area contributed by atoms with Crippen molar-refractivity contribution in [1.29, 1.82) is 0 Å². The first kappa shape index (κ1) is 30.4. The number of anilines is 3. The van der Waals surface area contributed by atoms with Gasteiger partial charge in [0.15, 0.2) is 0 Å². The molecule has 0 spiro atoms. The van der Waals surface area contributed by atoms with Crippen LogP contribution in [0.4, 0.5) is 17.1 Å². The largest absolute Gasteiger partial charge is 0.310 e. The molecular formula is C50H33NS. The van der Waals surface area contributed by atoms with Crippen LogP contribution in [0.15, 0.2) is 200 Å². The maximum atomic E-state index is 2.37. The first-order chi connectivity index (χ1) is 25.7. The fraction of sp³-hybridized carbons (Fsp3) is 0. The van der Waals surface area contributed by atoms with Crippen molar-refractivity contribution in [2.75, 3.05) is 4.90 Å². The highest BCUT2D eigenvalue weighted by Gasteiger charge is 2.16. The first-order valence-corrected chi connectivity index (χ1v) is 18.6. The van der Waals surface area contributed by atoms with Crippen LogP contribution in [0.1, 0.15) is 0 Å². The van der Waals surface area contributed by atoms with Crippen molar-refractivity contribution in [3.05, 3.63) is 200 Å². The van der Waals surface area contributed by atoms with E-state index in [0.717, 1.165) is 17.1 Å². The van der Waals surface area contributed by atoms with E-state index in [1.54, 1.807) is 0 Å². The second-order valence-corrected chi connectivity index (χ2v) is 14.5. The number of hydrogen-bond acceptors (Lipinski definition) is 2. The fourth-order valence-corrected chi connectivity index (χ4v) is 8.65. The standard InChI is InChI=1S/C50H33NS/c1-2-8-34(9-3-1)36-20-24-44(25-21-36)51(46-28-29-48-47-12-6-7-13-49(47)52-50(48)33-46)45-26-22-37(23-27-45)40-17-15-38-16-19-42(32-43(38)31-40)41-18-14-35-10-4-5-11-39(35)30-41/h1-33H. The average molecular weight is 680 g/mol. The molecule has 1 nitrogen and oxygen atoms in total. The highest BCUT2D eigenvalue weighted by molar-refractivity contribution is 7.25. The van der Waals surface area contributed by atoms with Crippen molar-refractivity contribution in [3.63, 3.8) is 0 Å². The Labute approximate surface area is 307 Å². The van der Waals surface area contributed by atoms with Gasteiger partial charge in [0.05, 0.1) is 0 Å². The Morgan fingerprint density at radius 3 is 1.42 bits per heavy atom. The van der Waals surface area contributed by atoms with Crippen molar-refractivity contribution < 1.29 is 0 Å². The van der Waals surface area contributed by atoms with Gasteiger partial charge in [-0.25, -0.2) is 0 Å². The molecule has 9 aromatic carbocycles. The molecule has 0 aliphatic carbocycles. The monoisotopic (exact) mass is 679 g/mol. The average Bonchev–Trinajstić information content (AvgIpc) is 3.59. The molecule has 0 saturated carbocycles. The van der Waals surface area contributed by atoms with E-state index >= 15 is 0 Å². The van der Waals surface area contributed by atoms with Gasteiger partial charge in [0.25, 0.3) is 0 Å². The maximum Gasteiger partial charge on any atom is 0.0476 e. The van der Waals surface area contributed by atoms with Gasteiger partial charge in [-0.05, 0) is 116 Å². The van der Waals surface area contributed by atoms with Crippen molar-refractivity contribution in [3.8, 4) is 33.4 Å². The van der Waals surface area contributed by atoms with E-state index in [1.165, 1.54) is 75.1 Å². The minimum atomic E-state index is 1.12. The molecule has 0 bridgehead atoms. The van der Waals surface area contributed by atoms with Crippen LogP contribution in [0.5, 0.6) is 0 Å². The minimum Gasteiger partial charge on any atom is -0.310 e. The van der Waals surface area contributed by atoms with Gasteiger partial charge in [-0.3, -0.25) is 0 Å². The van der Waals surface area contributed by atoms with Gasteiger partial charge in [0.1, 0.15) is 0 Å². The predicted molar refractivity (Wildman–Crippen MR) is 225 cm³/mol. The van der Waals surface area contributed by atoms with Gasteiger partial charge >= 0.3 is 0 Å². The quantitative estimate of drug-likeness (QED) is 0.169. The maximum absolute atomic E-state index is 2.37. The summed E-state index contributed by atoms with van der Waals surface area (Å²) in [4.78, 5) is 2.37. The van der Waals surface area contributed by atoms with Gasteiger partial charge in [0, 0.05) is 37.2 Å². The fourth-order valence-electron chi connectivity index (χ4n) is 7.51. The molecule has 1 heterocycles. The molecule has 0 amide bonds. The van der Waals surface area contributed by atoms with Gasteiger partial charge in [-0.2, -0.15) is 0 Å². The Hall–Kier alpha value is -6.48. The third-order valence-electron chi connectivity index (χ3n) is 10.2. The number of rotatable bonds is 6. The first-order valence-electron chi connectivity index (χ1n) is 17.7. The number of thiophene rings is 1. The second-order valence-electron chi connectivity index (χ2n) is 13.4. The molecule has 0 unspecified atom stereocenters. The molecule has 2 heteroatoms. The SMILES string of the molecule is c1ccc(-c2ccc(N(c3ccc(-c4ccc5ccc(-c6ccc7ccccc7c6)cc5c4)cc3)c3ccc4c(c3)sc3ccccc34)cc2)cc1.